The van der Waals surface area contributed by atoms with E-state index in [1.54, 1.807) is 0 Å². The average Bonchev–Trinajstić information content (AvgIpc) is 2.04. The van der Waals surface area contributed by atoms with Crippen molar-refractivity contribution >= 4 is 0 Å². The lowest BCUT2D eigenvalue weighted by atomic mass is 9.95. The van der Waals surface area contributed by atoms with Gasteiger partial charge in [-0.05, 0) is 31.2 Å². The molecule has 2 heteroatoms. The van der Waals surface area contributed by atoms with Crippen molar-refractivity contribution in [3.63, 3.8) is 0 Å². The zero-order valence-corrected chi connectivity index (χ0v) is 9.29. The zero-order valence-electron chi connectivity index (χ0n) is 9.29. The Bertz CT molecular complexity index is 145. The van der Waals surface area contributed by atoms with Crippen molar-refractivity contribution in [1.82, 2.24) is 4.90 Å². The second kappa shape index (κ2) is 4.97. The van der Waals surface area contributed by atoms with Crippen molar-refractivity contribution < 1.29 is 0 Å². The Balaban J connectivity index is 2.47. The van der Waals surface area contributed by atoms with Crippen LogP contribution in [0.3, 0.4) is 0 Å². The van der Waals surface area contributed by atoms with E-state index in [1.165, 1.54) is 25.9 Å². The summed E-state index contributed by atoms with van der Waals surface area (Å²) in [6.07, 6.45) is 2.75. The number of hydrogen-bond donors (Lipinski definition) is 1. The maximum atomic E-state index is 5.81. The van der Waals surface area contributed by atoms with E-state index in [9.17, 15) is 0 Å². The first-order valence-corrected chi connectivity index (χ1v) is 5.59. The molecule has 1 heterocycles. The smallest absolute Gasteiger partial charge is 0.0241 e. The molecule has 0 bridgehead atoms. The van der Waals surface area contributed by atoms with E-state index >= 15 is 0 Å². The largest absolute Gasteiger partial charge is 0.329 e. The first-order chi connectivity index (χ1) is 6.15. The van der Waals surface area contributed by atoms with Crippen LogP contribution in [0.15, 0.2) is 0 Å². The Hall–Kier alpha value is -0.0800. The van der Waals surface area contributed by atoms with Crippen molar-refractivity contribution in [2.75, 3.05) is 19.6 Å². The number of nitrogens with two attached hydrogens (primary N) is 1. The highest BCUT2D eigenvalue weighted by molar-refractivity contribution is 4.80. The molecule has 2 N–H and O–H groups in total. The minimum Gasteiger partial charge on any atom is -0.329 e. The van der Waals surface area contributed by atoms with Crippen LogP contribution in [0.1, 0.15) is 33.6 Å². The van der Waals surface area contributed by atoms with Crippen LogP contribution in [0.4, 0.5) is 0 Å². The second-order valence-corrected chi connectivity index (χ2v) is 4.79. The third-order valence-corrected chi connectivity index (χ3v) is 3.17. The molecule has 0 amide bonds. The molecule has 2 nitrogen and oxygen atoms in total. The topological polar surface area (TPSA) is 29.3 Å². The van der Waals surface area contributed by atoms with Gasteiger partial charge in [0.1, 0.15) is 0 Å². The third-order valence-electron chi connectivity index (χ3n) is 3.17. The standard InChI is InChI=1S/C11H24N2/c1-9(2)11(7-12)13-6-4-5-10(3)8-13/h9-11H,4-8,12H2,1-3H3. The number of piperidine rings is 1. The van der Waals surface area contributed by atoms with Gasteiger partial charge in [-0.25, -0.2) is 0 Å². The number of likely N-dealkylation sites (tertiary alicyclic amines) is 1. The first-order valence-electron chi connectivity index (χ1n) is 5.59. The molecule has 78 valence electrons. The van der Waals surface area contributed by atoms with Gasteiger partial charge >= 0.3 is 0 Å². The average molecular weight is 184 g/mol. The quantitative estimate of drug-likeness (QED) is 0.723. The first kappa shape index (κ1) is 11.0. The maximum Gasteiger partial charge on any atom is 0.0241 e. The molecule has 2 atom stereocenters. The van der Waals surface area contributed by atoms with E-state index < -0.39 is 0 Å². The molecule has 0 aromatic carbocycles. The van der Waals surface area contributed by atoms with Crippen molar-refractivity contribution in [3.8, 4) is 0 Å². The highest BCUT2D eigenvalue weighted by Gasteiger charge is 2.24. The minimum atomic E-state index is 0.600. The molecule has 0 saturated carbocycles. The number of nitrogens with zero attached hydrogens (tertiary/aromatic N) is 1. The lowest BCUT2D eigenvalue weighted by molar-refractivity contribution is 0.106. The molecule has 0 radical (unpaired) electrons. The molecule has 1 fully saturated rings. The molecule has 13 heavy (non-hydrogen) atoms. The van der Waals surface area contributed by atoms with E-state index in [0.29, 0.717) is 12.0 Å². The normalized spacial score (nSPS) is 27.9. The maximum absolute atomic E-state index is 5.81. The summed E-state index contributed by atoms with van der Waals surface area (Å²) in [5.41, 5.74) is 5.81. The molecule has 0 aromatic rings. The summed E-state index contributed by atoms with van der Waals surface area (Å²) < 4.78 is 0. The highest BCUT2D eigenvalue weighted by atomic mass is 15.2. The summed E-state index contributed by atoms with van der Waals surface area (Å²) in [4.78, 5) is 2.58. The van der Waals surface area contributed by atoms with Gasteiger partial charge in [0.15, 0.2) is 0 Å². The van der Waals surface area contributed by atoms with Gasteiger partial charge in [0.25, 0.3) is 0 Å². The number of rotatable bonds is 3. The Labute approximate surface area is 82.5 Å². The fraction of sp³-hybridized carbons (Fsp3) is 1.00. The van der Waals surface area contributed by atoms with Crippen LogP contribution < -0.4 is 5.73 Å². The van der Waals surface area contributed by atoms with Gasteiger partial charge in [-0.2, -0.15) is 0 Å². The van der Waals surface area contributed by atoms with Gasteiger partial charge in [0.2, 0.25) is 0 Å². The molecule has 0 aromatic heterocycles. The van der Waals surface area contributed by atoms with Crippen LogP contribution in [0.2, 0.25) is 0 Å². The van der Waals surface area contributed by atoms with E-state index in [-0.39, 0.29) is 0 Å². The fourth-order valence-electron chi connectivity index (χ4n) is 2.37. The molecule has 1 rings (SSSR count). The Morgan fingerprint density at radius 1 is 1.46 bits per heavy atom. The number of hydrogen-bond acceptors (Lipinski definition) is 2. The van der Waals surface area contributed by atoms with Gasteiger partial charge in [0, 0.05) is 19.1 Å². The van der Waals surface area contributed by atoms with Crippen LogP contribution in [0.5, 0.6) is 0 Å². The van der Waals surface area contributed by atoms with Gasteiger partial charge in [-0.15, -0.1) is 0 Å². The lowest BCUT2D eigenvalue weighted by Crippen LogP contribution is -2.48. The van der Waals surface area contributed by atoms with Crippen LogP contribution in [0, 0.1) is 11.8 Å². The van der Waals surface area contributed by atoms with Gasteiger partial charge < -0.3 is 5.73 Å². The molecule has 0 spiro atoms. The molecule has 1 aliphatic rings. The minimum absolute atomic E-state index is 0.600. The predicted molar refractivity (Wildman–Crippen MR) is 57.7 cm³/mol. The molecular weight excluding hydrogens is 160 g/mol. The van der Waals surface area contributed by atoms with Crippen molar-refractivity contribution in [3.05, 3.63) is 0 Å². The molecule has 0 aliphatic carbocycles. The summed E-state index contributed by atoms with van der Waals surface area (Å²) in [7, 11) is 0. The Morgan fingerprint density at radius 2 is 2.15 bits per heavy atom. The Kier molecular flexibility index (Phi) is 4.20. The molecule has 2 unspecified atom stereocenters. The van der Waals surface area contributed by atoms with E-state index in [2.05, 4.69) is 25.7 Å². The van der Waals surface area contributed by atoms with E-state index in [1.807, 2.05) is 0 Å². The van der Waals surface area contributed by atoms with Gasteiger partial charge in [-0.3, -0.25) is 4.90 Å². The molecule has 1 saturated heterocycles. The SMILES string of the molecule is CC1CCCN(C(CN)C(C)C)C1. The molecule has 1 aliphatic heterocycles. The van der Waals surface area contributed by atoms with Crippen LogP contribution in [-0.4, -0.2) is 30.6 Å². The monoisotopic (exact) mass is 184 g/mol. The van der Waals surface area contributed by atoms with Gasteiger partial charge in [0.05, 0.1) is 0 Å². The summed E-state index contributed by atoms with van der Waals surface area (Å²) in [5, 5.41) is 0. The fourth-order valence-corrected chi connectivity index (χ4v) is 2.37. The molecular formula is C11H24N2. The van der Waals surface area contributed by atoms with Crippen LogP contribution in [-0.2, 0) is 0 Å². The third kappa shape index (κ3) is 2.96. The summed E-state index contributed by atoms with van der Waals surface area (Å²) in [5.74, 6) is 1.55. The second-order valence-electron chi connectivity index (χ2n) is 4.79. The Morgan fingerprint density at radius 3 is 2.62 bits per heavy atom. The lowest BCUT2D eigenvalue weighted by Gasteiger charge is -2.38. The zero-order chi connectivity index (χ0) is 9.84. The van der Waals surface area contributed by atoms with E-state index in [0.717, 1.165) is 12.5 Å². The van der Waals surface area contributed by atoms with E-state index in [4.69, 9.17) is 5.73 Å². The van der Waals surface area contributed by atoms with Crippen LogP contribution in [0.25, 0.3) is 0 Å². The highest BCUT2D eigenvalue weighted by Crippen LogP contribution is 2.20. The van der Waals surface area contributed by atoms with Crippen molar-refractivity contribution in [2.45, 2.75) is 39.7 Å². The summed E-state index contributed by atoms with van der Waals surface area (Å²) in [6.45, 7) is 10.2. The predicted octanol–water partition coefficient (Wildman–Crippen LogP) is 1.70. The summed E-state index contributed by atoms with van der Waals surface area (Å²) >= 11 is 0. The van der Waals surface area contributed by atoms with Crippen molar-refractivity contribution in [2.24, 2.45) is 17.6 Å². The van der Waals surface area contributed by atoms with Gasteiger partial charge in [-0.1, -0.05) is 20.8 Å². The van der Waals surface area contributed by atoms with Crippen LogP contribution >= 0.6 is 0 Å². The van der Waals surface area contributed by atoms with Crippen molar-refractivity contribution in [1.29, 1.82) is 0 Å². The summed E-state index contributed by atoms with van der Waals surface area (Å²) in [6, 6.07) is 0.600.